The van der Waals surface area contributed by atoms with E-state index in [1.54, 1.807) is 0 Å². The molecule has 1 saturated heterocycles. The third kappa shape index (κ3) is 4.11. The maximum Gasteiger partial charge on any atom is 0.0714 e. The van der Waals surface area contributed by atoms with Crippen LogP contribution in [-0.2, 0) is 11.2 Å². The van der Waals surface area contributed by atoms with Crippen LogP contribution in [0.5, 0.6) is 0 Å². The van der Waals surface area contributed by atoms with E-state index in [1.165, 1.54) is 5.56 Å². The first kappa shape index (κ1) is 12.6. The third-order valence-electron chi connectivity index (χ3n) is 3.27. The molecule has 1 heterocycles. The molecule has 3 heteroatoms. The molecule has 1 aromatic carbocycles. The van der Waals surface area contributed by atoms with Crippen molar-refractivity contribution in [3.8, 4) is 0 Å². The summed E-state index contributed by atoms with van der Waals surface area (Å²) < 4.78 is 5.68. The molecular formula is C14H22N2O. The maximum absolute atomic E-state index is 5.68. The number of hydrogen-bond acceptors (Lipinski definition) is 3. The number of nitrogens with zero attached hydrogens (tertiary/aromatic N) is 1. The molecule has 3 nitrogen and oxygen atoms in total. The Morgan fingerprint density at radius 3 is 2.88 bits per heavy atom. The van der Waals surface area contributed by atoms with Gasteiger partial charge in [-0.15, -0.1) is 0 Å². The second-order valence-corrected chi connectivity index (χ2v) is 4.61. The molecule has 0 amide bonds. The number of benzene rings is 1. The normalized spacial score (nSPS) is 21.6. The molecule has 1 unspecified atom stereocenters. The van der Waals surface area contributed by atoms with Crippen LogP contribution in [0, 0.1) is 0 Å². The van der Waals surface area contributed by atoms with E-state index >= 15 is 0 Å². The quantitative estimate of drug-likeness (QED) is 0.834. The molecule has 2 rings (SSSR count). The van der Waals surface area contributed by atoms with E-state index in [1.807, 2.05) is 0 Å². The second kappa shape index (κ2) is 6.74. The topological polar surface area (TPSA) is 38.5 Å². The van der Waals surface area contributed by atoms with Gasteiger partial charge >= 0.3 is 0 Å². The van der Waals surface area contributed by atoms with Crippen LogP contribution >= 0.6 is 0 Å². The molecule has 1 aliphatic rings. The second-order valence-electron chi connectivity index (χ2n) is 4.61. The largest absolute Gasteiger partial charge is 0.376 e. The Morgan fingerprint density at radius 1 is 1.29 bits per heavy atom. The minimum Gasteiger partial charge on any atom is -0.376 e. The van der Waals surface area contributed by atoms with Crippen molar-refractivity contribution in [2.45, 2.75) is 18.9 Å². The Bertz CT molecular complexity index is 313. The lowest BCUT2D eigenvalue weighted by molar-refractivity contribution is -0.0302. The predicted molar refractivity (Wildman–Crippen MR) is 70.0 cm³/mol. The highest BCUT2D eigenvalue weighted by atomic mass is 16.5. The maximum atomic E-state index is 5.68. The lowest BCUT2D eigenvalue weighted by Gasteiger charge is -2.32. The van der Waals surface area contributed by atoms with Crippen LogP contribution in [0.4, 0.5) is 0 Å². The number of ether oxygens (including phenoxy) is 1. The standard InChI is InChI=1S/C14H22N2O/c15-8-6-14-12-16(10-11-17-14)9-7-13-4-2-1-3-5-13/h1-5,14H,6-12,15H2. The minimum atomic E-state index is 0.338. The molecule has 1 aromatic rings. The average molecular weight is 234 g/mol. The lowest BCUT2D eigenvalue weighted by Crippen LogP contribution is -2.43. The Hall–Kier alpha value is -0.900. The molecule has 0 saturated carbocycles. The van der Waals surface area contributed by atoms with Gasteiger partial charge in [0, 0.05) is 19.6 Å². The minimum absolute atomic E-state index is 0.338. The fourth-order valence-corrected chi connectivity index (χ4v) is 2.28. The van der Waals surface area contributed by atoms with Gasteiger partial charge in [0.1, 0.15) is 0 Å². The van der Waals surface area contributed by atoms with Crippen molar-refractivity contribution in [2.24, 2.45) is 5.73 Å². The van der Waals surface area contributed by atoms with E-state index in [0.29, 0.717) is 6.10 Å². The number of morpholine rings is 1. The lowest BCUT2D eigenvalue weighted by atomic mass is 10.1. The third-order valence-corrected chi connectivity index (χ3v) is 3.27. The van der Waals surface area contributed by atoms with Gasteiger partial charge in [-0.1, -0.05) is 30.3 Å². The summed E-state index contributed by atoms with van der Waals surface area (Å²) in [6, 6.07) is 10.7. The van der Waals surface area contributed by atoms with Crippen molar-refractivity contribution >= 4 is 0 Å². The van der Waals surface area contributed by atoms with Crippen molar-refractivity contribution in [1.82, 2.24) is 4.90 Å². The first-order valence-electron chi connectivity index (χ1n) is 6.46. The summed E-state index contributed by atoms with van der Waals surface area (Å²) in [4.78, 5) is 2.48. The summed E-state index contributed by atoms with van der Waals surface area (Å²) in [5.74, 6) is 0. The van der Waals surface area contributed by atoms with Gasteiger partial charge in [0.2, 0.25) is 0 Å². The van der Waals surface area contributed by atoms with Crippen LogP contribution in [-0.4, -0.2) is 43.8 Å². The monoisotopic (exact) mass is 234 g/mol. The first-order valence-corrected chi connectivity index (χ1v) is 6.46. The molecule has 0 aliphatic carbocycles. The van der Waals surface area contributed by atoms with E-state index in [9.17, 15) is 0 Å². The van der Waals surface area contributed by atoms with E-state index in [0.717, 1.165) is 45.6 Å². The van der Waals surface area contributed by atoms with Crippen molar-refractivity contribution in [3.63, 3.8) is 0 Å². The number of rotatable bonds is 5. The Labute approximate surface area is 104 Å². The molecule has 2 N–H and O–H groups in total. The Kier molecular flexibility index (Phi) is 4.98. The van der Waals surface area contributed by atoms with E-state index in [-0.39, 0.29) is 0 Å². The van der Waals surface area contributed by atoms with Crippen LogP contribution < -0.4 is 5.73 Å². The average Bonchev–Trinajstić information content (AvgIpc) is 2.39. The van der Waals surface area contributed by atoms with Gasteiger partial charge in [-0.05, 0) is 24.9 Å². The molecule has 0 aromatic heterocycles. The molecule has 1 atom stereocenters. The highest BCUT2D eigenvalue weighted by Crippen LogP contribution is 2.09. The fourth-order valence-electron chi connectivity index (χ4n) is 2.28. The van der Waals surface area contributed by atoms with Crippen LogP contribution in [0.25, 0.3) is 0 Å². The summed E-state index contributed by atoms with van der Waals surface area (Å²) in [5, 5.41) is 0. The zero-order valence-corrected chi connectivity index (χ0v) is 10.3. The molecule has 0 radical (unpaired) electrons. The zero-order valence-electron chi connectivity index (χ0n) is 10.3. The SMILES string of the molecule is NCCC1CN(CCc2ccccc2)CCO1. The van der Waals surface area contributed by atoms with E-state index in [2.05, 4.69) is 35.2 Å². The molecule has 1 aliphatic heterocycles. The van der Waals surface area contributed by atoms with Crippen molar-refractivity contribution in [2.75, 3.05) is 32.8 Å². The smallest absolute Gasteiger partial charge is 0.0714 e. The molecular weight excluding hydrogens is 212 g/mol. The van der Waals surface area contributed by atoms with Gasteiger partial charge in [0.25, 0.3) is 0 Å². The predicted octanol–water partition coefficient (Wildman–Crippen LogP) is 1.28. The highest BCUT2D eigenvalue weighted by Gasteiger charge is 2.19. The van der Waals surface area contributed by atoms with Crippen molar-refractivity contribution < 1.29 is 4.74 Å². The van der Waals surface area contributed by atoms with Crippen molar-refractivity contribution in [3.05, 3.63) is 35.9 Å². The molecule has 0 bridgehead atoms. The Balaban J connectivity index is 1.75. The number of hydrogen-bond donors (Lipinski definition) is 1. The summed E-state index contributed by atoms with van der Waals surface area (Å²) in [5.41, 5.74) is 6.98. The summed E-state index contributed by atoms with van der Waals surface area (Å²) in [6.07, 6.45) is 2.43. The summed E-state index contributed by atoms with van der Waals surface area (Å²) in [7, 11) is 0. The summed E-state index contributed by atoms with van der Waals surface area (Å²) in [6.45, 7) is 4.77. The van der Waals surface area contributed by atoms with E-state index < -0.39 is 0 Å². The van der Waals surface area contributed by atoms with E-state index in [4.69, 9.17) is 10.5 Å². The molecule has 17 heavy (non-hydrogen) atoms. The van der Waals surface area contributed by atoms with Crippen molar-refractivity contribution in [1.29, 1.82) is 0 Å². The molecule has 1 fully saturated rings. The first-order chi connectivity index (χ1) is 8.38. The Morgan fingerprint density at radius 2 is 2.12 bits per heavy atom. The van der Waals surface area contributed by atoms with Crippen LogP contribution in [0.3, 0.4) is 0 Å². The van der Waals surface area contributed by atoms with Crippen LogP contribution in [0.15, 0.2) is 30.3 Å². The van der Waals surface area contributed by atoms with Gasteiger partial charge in [0.15, 0.2) is 0 Å². The van der Waals surface area contributed by atoms with Gasteiger partial charge in [-0.2, -0.15) is 0 Å². The highest BCUT2D eigenvalue weighted by molar-refractivity contribution is 5.14. The van der Waals surface area contributed by atoms with Crippen LogP contribution in [0.1, 0.15) is 12.0 Å². The van der Waals surface area contributed by atoms with Gasteiger partial charge in [0.05, 0.1) is 12.7 Å². The van der Waals surface area contributed by atoms with Gasteiger partial charge < -0.3 is 10.5 Å². The number of nitrogens with two attached hydrogens (primary N) is 1. The zero-order chi connectivity index (χ0) is 11.9. The van der Waals surface area contributed by atoms with Crippen LogP contribution in [0.2, 0.25) is 0 Å². The fraction of sp³-hybridized carbons (Fsp3) is 0.571. The van der Waals surface area contributed by atoms with Gasteiger partial charge in [-0.25, -0.2) is 0 Å². The molecule has 94 valence electrons. The summed E-state index contributed by atoms with van der Waals surface area (Å²) >= 11 is 0. The molecule has 0 spiro atoms. The van der Waals surface area contributed by atoms with Gasteiger partial charge in [-0.3, -0.25) is 4.90 Å².